The molecule has 19 heavy (non-hydrogen) atoms. The number of anilines is 2. The zero-order valence-electron chi connectivity index (χ0n) is 10.2. The summed E-state index contributed by atoms with van der Waals surface area (Å²) >= 11 is 6.74. The van der Waals surface area contributed by atoms with E-state index in [4.69, 9.17) is 5.73 Å². The summed E-state index contributed by atoms with van der Waals surface area (Å²) in [7, 11) is 0. The maximum Gasteiger partial charge on any atom is 0.255 e. The van der Waals surface area contributed by atoms with Crippen LogP contribution in [0.5, 0.6) is 0 Å². The average Bonchev–Trinajstić information content (AvgIpc) is 2.34. The monoisotopic (exact) mass is 382 g/mol. The van der Waals surface area contributed by atoms with E-state index in [-0.39, 0.29) is 5.91 Å². The van der Waals surface area contributed by atoms with Gasteiger partial charge in [-0.3, -0.25) is 4.79 Å². The van der Waals surface area contributed by atoms with Crippen molar-refractivity contribution in [1.29, 1.82) is 0 Å². The fourth-order valence-electron chi connectivity index (χ4n) is 1.69. The summed E-state index contributed by atoms with van der Waals surface area (Å²) < 4.78 is 1.70. The molecule has 0 aromatic heterocycles. The van der Waals surface area contributed by atoms with E-state index in [9.17, 15) is 4.79 Å². The fraction of sp³-hybridized carbons (Fsp3) is 0.0714. The highest BCUT2D eigenvalue weighted by atomic mass is 79.9. The molecule has 0 aliphatic carbocycles. The van der Waals surface area contributed by atoms with Crippen molar-refractivity contribution in [3.63, 3.8) is 0 Å². The molecule has 0 bridgehead atoms. The number of nitrogens with one attached hydrogen (secondary N) is 1. The van der Waals surface area contributed by atoms with Crippen molar-refractivity contribution in [3.8, 4) is 0 Å². The van der Waals surface area contributed by atoms with Gasteiger partial charge >= 0.3 is 0 Å². The van der Waals surface area contributed by atoms with E-state index in [1.807, 2.05) is 31.2 Å². The number of halogens is 2. The highest BCUT2D eigenvalue weighted by molar-refractivity contribution is 9.10. The Morgan fingerprint density at radius 1 is 1.16 bits per heavy atom. The Kier molecular flexibility index (Phi) is 4.27. The van der Waals surface area contributed by atoms with Crippen molar-refractivity contribution in [2.24, 2.45) is 0 Å². The van der Waals surface area contributed by atoms with Crippen LogP contribution in [0.2, 0.25) is 0 Å². The van der Waals surface area contributed by atoms with Gasteiger partial charge in [0.1, 0.15) is 0 Å². The molecular formula is C14H12Br2N2O. The Bertz CT molecular complexity index is 601. The van der Waals surface area contributed by atoms with Crippen LogP contribution >= 0.6 is 31.9 Å². The topological polar surface area (TPSA) is 55.1 Å². The molecule has 2 aromatic rings. The van der Waals surface area contributed by atoms with Gasteiger partial charge in [-0.2, -0.15) is 0 Å². The van der Waals surface area contributed by atoms with Crippen molar-refractivity contribution >= 4 is 49.1 Å². The zero-order valence-corrected chi connectivity index (χ0v) is 13.4. The molecule has 0 aliphatic heterocycles. The maximum absolute atomic E-state index is 12.1. The van der Waals surface area contributed by atoms with Crippen LogP contribution in [0.3, 0.4) is 0 Å². The van der Waals surface area contributed by atoms with Gasteiger partial charge in [0.2, 0.25) is 0 Å². The molecular weight excluding hydrogens is 372 g/mol. The van der Waals surface area contributed by atoms with Gasteiger partial charge in [-0.1, -0.05) is 15.9 Å². The summed E-state index contributed by atoms with van der Waals surface area (Å²) in [6.07, 6.45) is 0. The second-order valence-corrected chi connectivity index (χ2v) is 5.94. The third-order valence-corrected chi connectivity index (χ3v) is 3.76. The highest BCUT2D eigenvalue weighted by Gasteiger charge is 2.11. The first kappa shape index (κ1) is 14.1. The molecule has 3 N–H and O–H groups in total. The van der Waals surface area contributed by atoms with Crippen molar-refractivity contribution in [2.75, 3.05) is 11.1 Å². The molecule has 0 radical (unpaired) electrons. The Balaban J connectivity index is 2.26. The molecule has 2 aromatic carbocycles. The van der Waals surface area contributed by atoms with Crippen LogP contribution < -0.4 is 11.1 Å². The first-order valence-corrected chi connectivity index (χ1v) is 7.18. The molecule has 5 heteroatoms. The average molecular weight is 384 g/mol. The number of nitrogens with two attached hydrogens (primary N) is 1. The van der Waals surface area contributed by atoms with Gasteiger partial charge in [0.05, 0.1) is 11.4 Å². The van der Waals surface area contributed by atoms with Gasteiger partial charge in [0.25, 0.3) is 5.91 Å². The van der Waals surface area contributed by atoms with Crippen LogP contribution in [0.1, 0.15) is 15.9 Å². The van der Waals surface area contributed by atoms with Gasteiger partial charge in [-0.05, 0) is 64.8 Å². The Hall–Kier alpha value is -1.33. The second-order valence-electron chi connectivity index (χ2n) is 4.17. The first-order chi connectivity index (χ1) is 8.97. The van der Waals surface area contributed by atoms with Gasteiger partial charge in [-0.25, -0.2) is 0 Å². The fourth-order valence-corrected chi connectivity index (χ4v) is 2.64. The zero-order chi connectivity index (χ0) is 14.0. The van der Waals surface area contributed by atoms with Crippen LogP contribution in [0.25, 0.3) is 0 Å². The predicted molar refractivity (Wildman–Crippen MR) is 85.4 cm³/mol. The normalized spacial score (nSPS) is 10.3. The van der Waals surface area contributed by atoms with E-state index < -0.39 is 0 Å². The minimum Gasteiger partial charge on any atom is -0.397 e. The summed E-state index contributed by atoms with van der Waals surface area (Å²) in [5.41, 5.74) is 8.67. The van der Waals surface area contributed by atoms with Gasteiger partial charge in [0.15, 0.2) is 0 Å². The Labute approximate surface area is 128 Å². The Morgan fingerprint density at radius 2 is 1.79 bits per heavy atom. The lowest BCUT2D eigenvalue weighted by Crippen LogP contribution is -2.13. The van der Waals surface area contributed by atoms with Crippen LogP contribution in [-0.4, -0.2) is 5.91 Å². The summed E-state index contributed by atoms with van der Waals surface area (Å²) in [6, 6.07) is 10.9. The lowest BCUT2D eigenvalue weighted by molar-refractivity contribution is 0.102. The summed E-state index contributed by atoms with van der Waals surface area (Å²) in [5.74, 6) is -0.191. The van der Waals surface area contributed by atoms with Crippen molar-refractivity contribution < 1.29 is 4.79 Å². The standard InChI is InChI=1S/C14H12Br2N2O/c1-8-6-11(16)13(12(17)7-8)18-14(19)9-2-4-10(15)5-3-9/h2-7H,17H2,1H3,(H,18,19). The quantitative estimate of drug-likeness (QED) is 0.757. The molecule has 0 spiro atoms. The molecule has 3 nitrogen and oxygen atoms in total. The molecule has 0 unspecified atom stereocenters. The number of nitrogen functional groups attached to an aromatic ring is 1. The van der Waals surface area contributed by atoms with Crippen LogP contribution in [0.15, 0.2) is 45.3 Å². The van der Waals surface area contributed by atoms with Crippen LogP contribution in [-0.2, 0) is 0 Å². The third kappa shape index (κ3) is 3.36. The van der Waals surface area contributed by atoms with E-state index in [2.05, 4.69) is 37.2 Å². The lowest BCUT2D eigenvalue weighted by Gasteiger charge is -2.11. The van der Waals surface area contributed by atoms with Crippen molar-refractivity contribution in [1.82, 2.24) is 0 Å². The molecule has 0 fully saturated rings. The smallest absolute Gasteiger partial charge is 0.255 e. The first-order valence-electron chi connectivity index (χ1n) is 5.60. The molecule has 0 saturated heterocycles. The molecule has 0 atom stereocenters. The van der Waals surface area contributed by atoms with Crippen molar-refractivity contribution in [3.05, 3.63) is 56.5 Å². The molecule has 0 heterocycles. The van der Waals surface area contributed by atoms with Crippen LogP contribution in [0, 0.1) is 6.92 Å². The summed E-state index contributed by atoms with van der Waals surface area (Å²) in [6.45, 7) is 1.95. The predicted octanol–water partition coefficient (Wildman–Crippen LogP) is 4.35. The number of rotatable bonds is 2. The maximum atomic E-state index is 12.1. The number of carbonyl (C=O) groups excluding carboxylic acids is 1. The third-order valence-electron chi connectivity index (χ3n) is 2.61. The largest absolute Gasteiger partial charge is 0.397 e. The lowest BCUT2D eigenvalue weighted by atomic mass is 10.1. The van der Waals surface area contributed by atoms with E-state index in [0.29, 0.717) is 16.9 Å². The number of hydrogen-bond donors (Lipinski definition) is 2. The molecule has 0 saturated carbocycles. The van der Waals surface area contributed by atoms with Gasteiger partial charge in [-0.15, -0.1) is 0 Å². The number of benzene rings is 2. The van der Waals surface area contributed by atoms with Gasteiger partial charge in [0, 0.05) is 14.5 Å². The minimum absolute atomic E-state index is 0.191. The molecule has 0 aliphatic rings. The van der Waals surface area contributed by atoms with E-state index in [1.54, 1.807) is 12.1 Å². The minimum atomic E-state index is -0.191. The van der Waals surface area contributed by atoms with Gasteiger partial charge < -0.3 is 11.1 Å². The number of hydrogen-bond acceptors (Lipinski definition) is 2. The summed E-state index contributed by atoms with van der Waals surface area (Å²) in [4.78, 5) is 12.1. The summed E-state index contributed by atoms with van der Waals surface area (Å²) in [5, 5.41) is 2.82. The Morgan fingerprint density at radius 3 is 2.37 bits per heavy atom. The molecule has 98 valence electrons. The van der Waals surface area contributed by atoms with Crippen LogP contribution in [0.4, 0.5) is 11.4 Å². The number of aryl methyl sites for hydroxylation is 1. The van der Waals surface area contributed by atoms with Crippen molar-refractivity contribution in [2.45, 2.75) is 6.92 Å². The molecule has 2 rings (SSSR count). The molecule has 1 amide bonds. The second kappa shape index (κ2) is 5.75. The van der Waals surface area contributed by atoms with E-state index in [1.165, 1.54) is 0 Å². The number of carbonyl (C=O) groups is 1. The number of amides is 1. The van der Waals surface area contributed by atoms with E-state index >= 15 is 0 Å². The highest BCUT2D eigenvalue weighted by Crippen LogP contribution is 2.30. The van der Waals surface area contributed by atoms with E-state index in [0.717, 1.165) is 14.5 Å². The SMILES string of the molecule is Cc1cc(N)c(NC(=O)c2ccc(Br)cc2)c(Br)c1.